The Kier molecular flexibility index (Phi) is 8.67. The summed E-state index contributed by atoms with van der Waals surface area (Å²) in [5, 5.41) is 1.74. The zero-order valence-electron chi connectivity index (χ0n) is 29.4. The van der Waals surface area contributed by atoms with Crippen LogP contribution in [0.15, 0.2) is 159 Å². The third kappa shape index (κ3) is 6.14. The van der Waals surface area contributed by atoms with Gasteiger partial charge in [-0.25, -0.2) is 18.7 Å². The maximum Gasteiger partial charge on any atom is 0.150 e. The van der Waals surface area contributed by atoms with Crippen LogP contribution in [0.1, 0.15) is 20.7 Å². The molecule has 0 atom stereocenters. The van der Waals surface area contributed by atoms with Crippen molar-refractivity contribution < 1.29 is 18.4 Å². The van der Waals surface area contributed by atoms with E-state index < -0.39 is 0 Å². The Morgan fingerprint density at radius 1 is 0.429 bits per heavy atom. The van der Waals surface area contributed by atoms with Crippen LogP contribution in [0.25, 0.3) is 77.5 Å². The molecule has 0 amide bonds. The van der Waals surface area contributed by atoms with Crippen LogP contribution in [0.3, 0.4) is 0 Å². The van der Waals surface area contributed by atoms with E-state index >= 15 is 0 Å². The standard InChI is InChI=1S/2C23H14FN3O/c2*24-19-6-1-2-7-22(19)27-14-26-21-12-25-20-9-8-17(11-18(20)23(21)27)16-5-3-4-15(10-16)13-28/h2*1-14H. The monoisotopic (exact) mass is 734 g/mol. The average molecular weight is 735 g/mol. The molecule has 8 nitrogen and oxygen atoms in total. The van der Waals surface area contributed by atoms with E-state index in [1.54, 1.807) is 82.7 Å². The van der Waals surface area contributed by atoms with Gasteiger partial charge in [0.1, 0.15) is 47.9 Å². The lowest BCUT2D eigenvalue weighted by Gasteiger charge is -2.09. The molecule has 0 fully saturated rings. The Labute approximate surface area is 318 Å². The zero-order valence-corrected chi connectivity index (χ0v) is 29.4. The molecule has 0 saturated heterocycles. The molecule has 0 saturated carbocycles. The molecule has 0 spiro atoms. The van der Waals surface area contributed by atoms with Crippen molar-refractivity contribution in [3.05, 3.63) is 181 Å². The van der Waals surface area contributed by atoms with Crippen molar-refractivity contribution in [1.29, 1.82) is 0 Å². The third-order valence-corrected chi connectivity index (χ3v) is 9.68. The lowest BCUT2D eigenvalue weighted by molar-refractivity contribution is 0.111. The molecule has 10 rings (SSSR count). The molecule has 10 aromatic rings. The molecule has 0 unspecified atom stereocenters. The lowest BCUT2D eigenvalue weighted by Crippen LogP contribution is -1.96. The van der Waals surface area contributed by atoms with E-state index in [0.717, 1.165) is 67.7 Å². The number of aldehydes is 2. The van der Waals surface area contributed by atoms with Crippen molar-refractivity contribution >= 4 is 56.4 Å². The number of carbonyl (C=O) groups is 2. The summed E-state index contributed by atoms with van der Waals surface area (Å²) >= 11 is 0. The number of nitrogens with zero attached hydrogens (tertiary/aromatic N) is 6. The minimum atomic E-state index is -0.318. The average Bonchev–Trinajstić information content (AvgIpc) is 3.89. The maximum absolute atomic E-state index is 14.4. The van der Waals surface area contributed by atoms with E-state index in [4.69, 9.17) is 0 Å². The highest BCUT2D eigenvalue weighted by Crippen LogP contribution is 2.32. The van der Waals surface area contributed by atoms with E-state index in [1.165, 1.54) is 12.1 Å². The number of hydrogen-bond donors (Lipinski definition) is 0. The van der Waals surface area contributed by atoms with E-state index in [2.05, 4.69) is 19.9 Å². The molecule has 4 aromatic heterocycles. The van der Waals surface area contributed by atoms with Gasteiger partial charge in [0, 0.05) is 21.9 Å². The molecular weight excluding hydrogens is 707 g/mol. The highest BCUT2D eigenvalue weighted by Gasteiger charge is 2.15. The highest BCUT2D eigenvalue weighted by molar-refractivity contribution is 6.05. The Bertz CT molecular complexity index is 2920. The Morgan fingerprint density at radius 3 is 1.29 bits per heavy atom. The number of para-hydroxylation sites is 2. The second kappa shape index (κ2) is 14.3. The smallest absolute Gasteiger partial charge is 0.150 e. The van der Waals surface area contributed by atoms with E-state index in [9.17, 15) is 18.4 Å². The number of rotatable bonds is 6. The molecule has 0 N–H and O–H groups in total. The molecule has 56 heavy (non-hydrogen) atoms. The first-order valence-electron chi connectivity index (χ1n) is 17.6. The summed E-state index contributed by atoms with van der Waals surface area (Å²) in [6, 6.07) is 39.9. The lowest BCUT2D eigenvalue weighted by atomic mass is 10.0. The van der Waals surface area contributed by atoms with Gasteiger partial charge in [-0.2, -0.15) is 0 Å². The number of carbonyl (C=O) groups excluding carboxylic acids is 2. The molecule has 0 aliphatic carbocycles. The number of pyridine rings is 2. The van der Waals surface area contributed by atoms with Gasteiger partial charge in [0.25, 0.3) is 0 Å². The van der Waals surface area contributed by atoms with Crippen molar-refractivity contribution in [3.63, 3.8) is 0 Å². The summed E-state index contributed by atoms with van der Waals surface area (Å²) < 4.78 is 32.3. The molecule has 0 aliphatic rings. The number of hydrogen-bond acceptors (Lipinski definition) is 6. The van der Waals surface area contributed by atoms with Crippen LogP contribution in [0.4, 0.5) is 8.78 Å². The van der Waals surface area contributed by atoms with Crippen LogP contribution in [0.5, 0.6) is 0 Å². The quantitative estimate of drug-likeness (QED) is 0.158. The van der Waals surface area contributed by atoms with E-state index in [0.29, 0.717) is 33.5 Å². The van der Waals surface area contributed by atoms with Gasteiger partial charge in [-0.15, -0.1) is 0 Å². The molecule has 10 heteroatoms. The van der Waals surface area contributed by atoms with Gasteiger partial charge < -0.3 is 0 Å². The molecular formula is C46H28F2N6O2. The van der Waals surface area contributed by atoms with Crippen LogP contribution in [0, 0.1) is 11.6 Å². The van der Waals surface area contributed by atoms with Crippen molar-refractivity contribution in [3.8, 4) is 33.6 Å². The number of imidazole rings is 2. The molecule has 0 radical (unpaired) electrons. The van der Waals surface area contributed by atoms with Gasteiger partial charge in [0.2, 0.25) is 0 Å². The molecule has 268 valence electrons. The Hall–Kier alpha value is -7.72. The molecule has 6 aromatic carbocycles. The third-order valence-electron chi connectivity index (χ3n) is 9.68. The Morgan fingerprint density at radius 2 is 0.857 bits per heavy atom. The minimum Gasteiger partial charge on any atom is -0.298 e. The number of aromatic nitrogens is 6. The van der Waals surface area contributed by atoms with E-state index in [-0.39, 0.29) is 11.6 Å². The summed E-state index contributed by atoms with van der Waals surface area (Å²) in [6.45, 7) is 0. The van der Waals surface area contributed by atoms with Gasteiger partial charge in [-0.3, -0.25) is 28.7 Å². The van der Waals surface area contributed by atoms with Crippen molar-refractivity contribution in [2.75, 3.05) is 0 Å². The molecule has 0 aliphatic heterocycles. The first-order valence-corrected chi connectivity index (χ1v) is 17.6. The highest BCUT2D eigenvalue weighted by atomic mass is 19.1. The first kappa shape index (κ1) is 34.1. The fourth-order valence-electron chi connectivity index (χ4n) is 6.99. The molecule has 0 bridgehead atoms. The second-order valence-electron chi connectivity index (χ2n) is 13.1. The van der Waals surface area contributed by atoms with Gasteiger partial charge in [-0.05, 0) is 82.9 Å². The first-order chi connectivity index (χ1) is 27.5. The zero-order chi connectivity index (χ0) is 38.2. The van der Waals surface area contributed by atoms with Crippen LogP contribution < -0.4 is 0 Å². The topological polar surface area (TPSA) is 95.6 Å². The minimum absolute atomic E-state index is 0.318. The fraction of sp³-hybridized carbons (Fsp3) is 0. The second-order valence-corrected chi connectivity index (χ2v) is 13.1. The number of benzene rings is 6. The SMILES string of the molecule is O=Cc1cccc(-c2ccc3ncc4ncn(-c5ccccc5F)c4c3c2)c1.O=Cc1cccc(-c2ccc3ncc4ncn(-c5ccccc5F)c4c3c2)c1. The summed E-state index contributed by atoms with van der Waals surface area (Å²) in [7, 11) is 0. The number of fused-ring (bicyclic) bond motifs is 6. The predicted molar refractivity (Wildman–Crippen MR) is 214 cm³/mol. The summed E-state index contributed by atoms with van der Waals surface area (Å²) in [5.41, 5.74) is 10.4. The predicted octanol–water partition coefficient (Wildman–Crippen LogP) is 10.4. The fourth-order valence-corrected chi connectivity index (χ4v) is 6.99. The van der Waals surface area contributed by atoms with Crippen LogP contribution in [-0.2, 0) is 0 Å². The summed E-state index contributed by atoms with van der Waals surface area (Å²) in [4.78, 5) is 40.0. The van der Waals surface area contributed by atoms with Gasteiger partial charge >= 0.3 is 0 Å². The van der Waals surface area contributed by atoms with Crippen molar-refractivity contribution in [1.82, 2.24) is 29.1 Å². The normalized spacial score (nSPS) is 11.2. The molecule has 4 heterocycles. The van der Waals surface area contributed by atoms with Crippen LogP contribution in [0.2, 0.25) is 0 Å². The summed E-state index contributed by atoms with van der Waals surface area (Å²) in [6.07, 6.45) is 8.28. The van der Waals surface area contributed by atoms with Crippen molar-refractivity contribution in [2.45, 2.75) is 0 Å². The van der Waals surface area contributed by atoms with E-state index in [1.807, 2.05) is 72.8 Å². The number of halogens is 2. The van der Waals surface area contributed by atoms with Gasteiger partial charge in [-0.1, -0.05) is 72.8 Å². The van der Waals surface area contributed by atoms with Crippen LogP contribution >= 0.6 is 0 Å². The Balaban J connectivity index is 0.000000146. The largest absolute Gasteiger partial charge is 0.298 e. The van der Waals surface area contributed by atoms with Crippen LogP contribution in [-0.4, -0.2) is 41.6 Å². The summed E-state index contributed by atoms with van der Waals surface area (Å²) in [5.74, 6) is -0.636. The van der Waals surface area contributed by atoms with Gasteiger partial charge in [0.05, 0.1) is 45.8 Å². The maximum atomic E-state index is 14.4. The van der Waals surface area contributed by atoms with Crippen molar-refractivity contribution in [2.24, 2.45) is 0 Å². The van der Waals surface area contributed by atoms with Gasteiger partial charge in [0.15, 0.2) is 0 Å².